The number of carbonyl (C=O) groups is 2. The van der Waals surface area contributed by atoms with E-state index in [1.807, 2.05) is 18.2 Å². The summed E-state index contributed by atoms with van der Waals surface area (Å²) in [6, 6.07) is 8.71. The van der Waals surface area contributed by atoms with Gasteiger partial charge in [-0.25, -0.2) is 9.48 Å². The fourth-order valence-electron chi connectivity index (χ4n) is 2.13. The van der Waals surface area contributed by atoms with E-state index in [1.54, 1.807) is 43.1 Å². The highest BCUT2D eigenvalue weighted by Crippen LogP contribution is 2.19. The molecule has 1 aromatic heterocycles. The van der Waals surface area contributed by atoms with E-state index in [0.29, 0.717) is 12.1 Å². The van der Waals surface area contributed by atoms with Crippen molar-refractivity contribution in [2.45, 2.75) is 32.2 Å². The Labute approximate surface area is 134 Å². The summed E-state index contributed by atoms with van der Waals surface area (Å²) in [4.78, 5) is 22.9. The summed E-state index contributed by atoms with van der Waals surface area (Å²) < 4.78 is 1.66. The maximum absolute atomic E-state index is 12.2. The van der Waals surface area contributed by atoms with Crippen molar-refractivity contribution in [1.82, 2.24) is 15.1 Å². The first-order chi connectivity index (χ1) is 10.9. The maximum atomic E-state index is 12.2. The third-order valence-corrected chi connectivity index (χ3v) is 3.32. The van der Waals surface area contributed by atoms with Gasteiger partial charge < -0.3 is 15.7 Å². The van der Waals surface area contributed by atoms with Crippen molar-refractivity contribution >= 4 is 17.7 Å². The van der Waals surface area contributed by atoms with E-state index >= 15 is 0 Å². The molecule has 0 atom stereocenters. The molecule has 122 valence electrons. The lowest BCUT2D eigenvalue weighted by atomic mass is 9.99. The molecule has 2 rings (SSSR count). The van der Waals surface area contributed by atoms with Gasteiger partial charge in [-0.3, -0.25) is 4.79 Å². The van der Waals surface area contributed by atoms with Crippen LogP contribution in [0.4, 0.5) is 10.5 Å². The smallest absolute Gasteiger partial charge is 0.319 e. The van der Waals surface area contributed by atoms with Crippen molar-refractivity contribution in [2.75, 3.05) is 5.32 Å². The minimum atomic E-state index is -0.885. The van der Waals surface area contributed by atoms with Gasteiger partial charge in [0.25, 0.3) is 0 Å². The number of urea groups is 1. The number of rotatable bonds is 6. The lowest BCUT2D eigenvalue weighted by molar-refractivity contribution is -0.137. The molecule has 1 heterocycles. The van der Waals surface area contributed by atoms with Crippen molar-refractivity contribution < 1.29 is 14.7 Å². The zero-order chi connectivity index (χ0) is 16.9. The average molecular weight is 316 g/mol. The van der Waals surface area contributed by atoms with E-state index in [2.05, 4.69) is 15.7 Å². The zero-order valence-electron chi connectivity index (χ0n) is 13.1. The number of aliphatic carboxylic acids is 1. The Morgan fingerprint density at radius 1 is 1.26 bits per heavy atom. The van der Waals surface area contributed by atoms with E-state index in [9.17, 15) is 9.59 Å². The molecule has 0 saturated heterocycles. The average Bonchev–Trinajstić information content (AvgIpc) is 2.99. The summed E-state index contributed by atoms with van der Waals surface area (Å²) >= 11 is 0. The second-order valence-electron chi connectivity index (χ2n) is 5.82. The minimum Gasteiger partial charge on any atom is -0.481 e. The topological polar surface area (TPSA) is 96.3 Å². The Morgan fingerprint density at radius 3 is 2.65 bits per heavy atom. The van der Waals surface area contributed by atoms with Crippen LogP contribution >= 0.6 is 0 Å². The molecule has 0 aliphatic rings. The highest BCUT2D eigenvalue weighted by atomic mass is 16.4. The van der Waals surface area contributed by atoms with Crippen molar-refractivity contribution in [1.29, 1.82) is 0 Å². The van der Waals surface area contributed by atoms with Crippen molar-refractivity contribution in [3.8, 4) is 5.69 Å². The number of hydrogen-bond donors (Lipinski definition) is 3. The van der Waals surface area contributed by atoms with Gasteiger partial charge in [0.15, 0.2) is 0 Å². The van der Waals surface area contributed by atoms with Gasteiger partial charge in [-0.2, -0.15) is 5.10 Å². The largest absolute Gasteiger partial charge is 0.481 e. The van der Waals surface area contributed by atoms with Crippen LogP contribution in [0.5, 0.6) is 0 Å². The lowest BCUT2D eigenvalue weighted by Gasteiger charge is -2.26. The molecule has 0 saturated carbocycles. The van der Waals surface area contributed by atoms with Crippen molar-refractivity contribution in [3.05, 3.63) is 42.7 Å². The molecule has 7 nitrogen and oxygen atoms in total. The first kappa shape index (κ1) is 16.5. The van der Waals surface area contributed by atoms with Gasteiger partial charge in [0.05, 0.1) is 11.4 Å². The molecule has 0 spiro atoms. The number of hydrogen-bond acceptors (Lipinski definition) is 3. The molecule has 0 aliphatic heterocycles. The van der Waals surface area contributed by atoms with Gasteiger partial charge in [-0.1, -0.05) is 12.1 Å². The minimum absolute atomic E-state index is 0.00282. The van der Waals surface area contributed by atoms with Crippen LogP contribution in [-0.4, -0.2) is 32.4 Å². The number of anilines is 1. The molecule has 0 radical (unpaired) electrons. The lowest BCUT2D eigenvalue weighted by Crippen LogP contribution is -2.45. The summed E-state index contributed by atoms with van der Waals surface area (Å²) in [7, 11) is 0. The summed E-state index contributed by atoms with van der Waals surface area (Å²) in [5.41, 5.74) is 0.738. The fraction of sp³-hybridized carbons (Fsp3) is 0.312. The van der Waals surface area contributed by atoms with Crippen LogP contribution in [0.15, 0.2) is 42.7 Å². The van der Waals surface area contributed by atoms with Gasteiger partial charge in [0.1, 0.15) is 0 Å². The highest BCUT2D eigenvalue weighted by molar-refractivity contribution is 5.92. The number of nitrogens with one attached hydrogen (secondary N) is 2. The Hall–Kier alpha value is -2.83. The number of carbonyl (C=O) groups excluding carboxylic acids is 1. The summed E-state index contributed by atoms with van der Waals surface area (Å²) in [5.74, 6) is -0.885. The normalized spacial score (nSPS) is 11.0. The van der Waals surface area contributed by atoms with Crippen LogP contribution in [0.3, 0.4) is 0 Å². The zero-order valence-corrected chi connectivity index (χ0v) is 13.1. The number of carboxylic acid groups (broad SMARTS) is 1. The van der Waals surface area contributed by atoms with Crippen molar-refractivity contribution in [3.63, 3.8) is 0 Å². The van der Waals surface area contributed by atoms with Gasteiger partial charge in [0.2, 0.25) is 0 Å². The quantitative estimate of drug-likeness (QED) is 0.763. The van der Waals surface area contributed by atoms with E-state index in [-0.39, 0.29) is 12.5 Å². The molecule has 0 fully saturated rings. The van der Waals surface area contributed by atoms with Gasteiger partial charge in [-0.15, -0.1) is 0 Å². The Bertz CT molecular complexity index is 680. The van der Waals surface area contributed by atoms with Crippen LogP contribution in [0.2, 0.25) is 0 Å². The van der Waals surface area contributed by atoms with Crippen LogP contribution in [0.1, 0.15) is 26.7 Å². The highest BCUT2D eigenvalue weighted by Gasteiger charge is 2.22. The first-order valence-electron chi connectivity index (χ1n) is 7.27. The second kappa shape index (κ2) is 6.95. The first-order valence-corrected chi connectivity index (χ1v) is 7.27. The number of aromatic nitrogens is 2. The number of amides is 2. The predicted octanol–water partition coefficient (Wildman–Crippen LogP) is 2.64. The Kier molecular flexibility index (Phi) is 5.00. The van der Waals surface area contributed by atoms with Crippen LogP contribution in [0.25, 0.3) is 5.69 Å². The molecule has 0 bridgehead atoms. The fourth-order valence-corrected chi connectivity index (χ4v) is 2.13. The number of nitrogens with zero attached hydrogens (tertiary/aromatic N) is 2. The molecule has 1 aromatic carbocycles. The molecule has 23 heavy (non-hydrogen) atoms. The number of para-hydroxylation sites is 2. The summed E-state index contributed by atoms with van der Waals surface area (Å²) in [6.45, 7) is 3.57. The summed E-state index contributed by atoms with van der Waals surface area (Å²) in [5, 5.41) is 18.5. The Balaban J connectivity index is 2.05. The second-order valence-corrected chi connectivity index (χ2v) is 5.82. The Morgan fingerprint density at radius 2 is 2.00 bits per heavy atom. The number of benzene rings is 1. The molecular weight excluding hydrogens is 296 g/mol. The summed E-state index contributed by atoms with van der Waals surface area (Å²) in [6.07, 6.45) is 3.79. The number of carboxylic acids is 1. The molecule has 2 aromatic rings. The van der Waals surface area contributed by atoms with Crippen LogP contribution in [0, 0.1) is 0 Å². The molecule has 0 aliphatic carbocycles. The molecule has 2 amide bonds. The molecular formula is C16H20N4O3. The predicted molar refractivity (Wildman–Crippen MR) is 86.7 cm³/mol. The maximum Gasteiger partial charge on any atom is 0.319 e. The third-order valence-electron chi connectivity index (χ3n) is 3.32. The van der Waals surface area contributed by atoms with E-state index in [1.165, 1.54) is 0 Å². The third kappa shape index (κ3) is 4.84. The molecule has 3 N–H and O–H groups in total. The van der Waals surface area contributed by atoms with Crippen LogP contribution in [-0.2, 0) is 4.79 Å². The van der Waals surface area contributed by atoms with E-state index in [4.69, 9.17) is 5.11 Å². The van der Waals surface area contributed by atoms with Gasteiger partial charge in [0, 0.05) is 24.4 Å². The SMILES string of the molecule is CC(C)(CCC(=O)O)NC(=O)Nc1ccccc1-n1cccn1. The van der Waals surface area contributed by atoms with Crippen LogP contribution < -0.4 is 10.6 Å². The van der Waals surface area contributed by atoms with E-state index < -0.39 is 11.5 Å². The van der Waals surface area contributed by atoms with E-state index in [0.717, 1.165) is 5.69 Å². The standard InChI is InChI=1S/C16H20N4O3/c1-16(2,9-8-14(21)22)19-15(23)18-12-6-3-4-7-13(12)20-11-5-10-17-20/h3-7,10-11H,8-9H2,1-2H3,(H,21,22)(H2,18,19,23). The molecule has 0 unspecified atom stereocenters. The monoisotopic (exact) mass is 316 g/mol. The van der Waals surface area contributed by atoms with Gasteiger partial charge in [-0.05, 0) is 38.5 Å². The van der Waals surface area contributed by atoms with Crippen molar-refractivity contribution in [2.24, 2.45) is 0 Å². The molecule has 7 heteroatoms. The van der Waals surface area contributed by atoms with Gasteiger partial charge >= 0.3 is 12.0 Å².